The van der Waals surface area contributed by atoms with Crippen molar-refractivity contribution >= 4 is 11.7 Å². The Labute approximate surface area is 144 Å². The molecule has 3 rings (SSSR count). The van der Waals surface area contributed by atoms with Gasteiger partial charge in [0.1, 0.15) is 5.75 Å². The summed E-state index contributed by atoms with van der Waals surface area (Å²) in [4.78, 5) is 32.3. The van der Waals surface area contributed by atoms with Crippen molar-refractivity contribution in [1.29, 1.82) is 0 Å². The van der Waals surface area contributed by atoms with E-state index in [0.717, 1.165) is 31.9 Å². The maximum Gasteiger partial charge on any atom is 0.345 e. The van der Waals surface area contributed by atoms with Crippen molar-refractivity contribution in [3.05, 3.63) is 39.8 Å². The molecule has 132 valence electrons. The third-order valence-electron chi connectivity index (χ3n) is 4.34. The molecule has 0 atom stereocenters. The monoisotopic (exact) mass is 344 g/mol. The van der Waals surface area contributed by atoms with Crippen LogP contribution in [-0.4, -0.2) is 52.3 Å². The zero-order valence-corrected chi connectivity index (χ0v) is 13.9. The molecule has 0 unspecified atom stereocenters. The lowest BCUT2D eigenvalue weighted by atomic mass is 10.0. The molecule has 8 heteroatoms. The number of carbonyl (C=O) groups is 1. The van der Waals surface area contributed by atoms with E-state index in [2.05, 4.69) is 20.2 Å². The average Bonchev–Trinajstić information content (AvgIpc) is 2.62. The molecule has 25 heavy (non-hydrogen) atoms. The molecule has 0 bridgehead atoms. The molecule has 2 aromatic heterocycles. The minimum Gasteiger partial charge on any atom is -0.506 e. The Bertz CT molecular complexity index is 839. The molecule has 0 radical (unpaired) electrons. The summed E-state index contributed by atoms with van der Waals surface area (Å²) in [5.41, 5.74) is 0.696. The largest absolute Gasteiger partial charge is 0.506 e. The Morgan fingerprint density at radius 1 is 1.32 bits per heavy atom. The van der Waals surface area contributed by atoms with Crippen LogP contribution < -0.4 is 15.8 Å². The van der Waals surface area contributed by atoms with E-state index in [1.807, 2.05) is 6.07 Å². The van der Waals surface area contributed by atoms with Gasteiger partial charge in [-0.3, -0.25) is 9.78 Å². The zero-order chi connectivity index (χ0) is 18.0. The topological polar surface area (TPSA) is 119 Å². The van der Waals surface area contributed by atoms with Crippen LogP contribution in [0.25, 0.3) is 11.4 Å². The van der Waals surface area contributed by atoms with Crippen LogP contribution in [-0.2, 0) is 6.42 Å². The van der Waals surface area contributed by atoms with Crippen molar-refractivity contribution < 1.29 is 15.0 Å². The van der Waals surface area contributed by atoms with Gasteiger partial charge in [0, 0.05) is 31.7 Å². The second-order valence-electron chi connectivity index (χ2n) is 5.83. The normalized spacial score (nSPS) is 14.5. The van der Waals surface area contributed by atoms with Crippen LogP contribution >= 0.6 is 0 Å². The van der Waals surface area contributed by atoms with E-state index in [0.29, 0.717) is 23.4 Å². The Kier molecular flexibility index (Phi) is 4.71. The number of nitrogens with one attached hydrogen (secondary N) is 2. The van der Waals surface area contributed by atoms with Gasteiger partial charge in [-0.15, -0.1) is 0 Å². The number of piperazine rings is 1. The van der Waals surface area contributed by atoms with E-state index >= 15 is 0 Å². The molecule has 1 aliphatic rings. The minimum absolute atomic E-state index is 0.349. The van der Waals surface area contributed by atoms with Gasteiger partial charge in [-0.05, 0) is 18.6 Å². The minimum atomic E-state index is -1.46. The van der Waals surface area contributed by atoms with Crippen LogP contribution in [0, 0.1) is 0 Å². The smallest absolute Gasteiger partial charge is 0.345 e. The SMILES string of the molecule is CCc1c(-c2ccc(N3CCNCC3)cn2)[nH]c(=O)c(C(=O)O)c1O. The number of anilines is 1. The Morgan fingerprint density at radius 3 is 2.60 bits per heavy atom. The number of aromatic carboxylic acids is 1. The van der Waals surface area contributed by atoms with Crippen LogP contribution in [0.1, 0.15) is 22.8 Å². The van der Waals surface area contributed by atoms with Crippen LogP contribution in [0.15, 0.2) is 23.1 Å². The molecule has 2 aromatic rings. The van der Waals surface area contributed by atoms with Crippen LogP contribution in [0.3, 0.4) is 0 Å². The molecule has 8 nitrogen and oxygen atoms in total. The van der Waals surface area contributed by atoms with Crippen molar-refractivity contribution in [1.82, 2.24) is 15.3 Å². The van der Waals surface area contributed by atoms with E-state index in [1.54, 1.807) is 19.2 Å². The van der Waals surface area contributed by atoms with Crippen molar-refractivity contribution in [2.75, 3.05) is 31.1 Å². The second kappa shape index (κ2) is 6.94. The third kappa shape index (κ3) is 3.20. The quantitative estimate of drug-likeness (QED) is 0.648. The summed E-state index contributed by atoms with van der Waals surface area (Å²) in [7, 11) is 0. The number of carboxylic acids is 1. The van der Waals surface area contributed by atoms with E-state index in [4.69, 9.17) is 5.11 Å². The zero-order valence-electron chi connectivity index (χ0n) is 13.9. The Morgan fingerprint density at radius 2 is 2.04 bits per heavy atom. The number of H-pyrrole nitrogens is 1. The Hall–Kier alpha value is -2.87. The molecule has 1 fully saturated rings. The predicted octanol–water partition coefficient (Wildman–Crippen LogP) is 0.813. The lowest BCUT2D eigenvalue weighted by Gasteiger charge is -2.29. The lowest BCUT2D eigenvalue weighted by molar-refractivity contribution is 0.0691. The van der Waals surface area contributed by atoms with Crippen molar-refractivity contribution in [3.63, 3.8) is 0 Å². The fourth-order valence-electron chi connectivity index (χ4n) is 3.03. The summed E-state index contributed by atoms with van der Waals surface area (Å²) in [6, 6.07) is 3.68. The first-order valence-corrected chi connectivity index (χ1v) is 8.16. The number of hydrogen-bond donors (Lipinski definition) is 4. The van der Waals surface area contributed by atoms with Gasteiger partial charge in [0.25, 0.3) is 5.56 Å². The number of nitrogens with zero attached hydrogens (tertiary/aromatic N) is 2. The van der Waals surface area contributed by atoms with Gasteiger partial charge in [0.15, 0.2) is 5.56 Å². The first kappa shape index (κ1) is 17.0. The highest BCUT2D eigenvalue weighted by atomic mass is 16.4. The number of hydrogen-bond acceptors (Lipinski definition) is 6. The van der Waals surface area contributed by atoms with Gasteiger partial charge in [-0.1, -0.05) is 6.92 Å². The van der Waals surface area contributed by atoms with Crippen molar-refractivity contribution in [3.8, 4) is 17.1 Å². The average molecular weight is 344 g/mol. The molecule has 0 saturated carbocycles. The molecule has 0 aromatic carbocycles. The molecule has 0 amide bonds. The number of rotatable bonds is 4. The summed E-state index contributed by atoms with van der Waals surface area (Å²) in [6.07, 6.45) is 2.08. The molecule has 1 aliphatic heterocycles. The molecular formula is C17H20N4O4. The number of aromatic hydroxyl groups is 1. The summed E-state index contributed by atoms with van der Waals surface area (Å²) < 4.78 is 0. The molecule has 0 aliphatic carbocycles. The summed E-state index contributed by atoms with van der Waals surface area (Å²) in [6.45, 7) is 5.40. The lowest BCUT2D eigenvalue weighted by Crippen LogP contribution is -2.43. The first-order valence-electron chi connectivity index (χ1n) is 8.16. The highest BCUT2D eigenvalue weighted by Gasteiger charge is 2.22. The van der Waals surface area contributed by atoms with E-state index in [1.165, 1.54) is 0 Å². The summed E-state index contributed by atoms with van der Waals surface area (Å²) in [5.74, 6) is -1.95. The predicted molar refractivity (Wildman–Crippen MR) is 93.4 cm³/mol. The fourth-order valence-corrected chi connectivity index (χ4v) is 3.03. The summed E-state index contributed by atoms with van der Waals surface area (Å²) in [5, 5.41) is 22.6. The number of carboxylic acid groups (broad SMARTS) is 1. The maximum absolute atomic E-state index is 12.0. The summed E-state index contributed by atoms with van der Waals surface area (Å²) >= 11 is 0. The van der Waals surface area contributed by atoms with E-state index in [9.17, 15) is 14.7 Å². The molecule has 0 spiro atoms. The van der Waals surface area contributed by atoms with Crippen molar-refractivity contribution in [2.24, 2.45) is 0 Å². The third-order valence-corrected chi connectivity index (χ3v) is 4.34. The highest BCUT2D eigenvalue weighted by molar-refractivity contribution is 5.91. The number of aromatic amines is 1. The van der Waals surface area contributed by atoms with E-state index < -0.39 is 22.8 Å². The maximum atomic E-state index is 12.0. The molecule has 1 saturated heterocycles. The van der Waals surface area contributed by atoms with Gasteiger partial charge in [-0.25, -0.2) is 4.79 Å². The highest BCUT2D eigenvalue weighted by Crippen LogP contribution is 2.29. The van der Waals surface area contributed by atoms with Crippen LogP contribution in [0.5, 0.6) is 5.75 Å². The number of pyridine rings is 2. The Balaban J connectivity index is 2.01. The van der Waals surface area contributed by atoms with Crippen LogP contribution in [0.2, 0.25) is 0 Å². The second-order valence-corrected chi connectivity index (χ2v) is 5.83. The number of aromatic nitrogens is 2. The molecule has 3 heterocycles. The van der Waals surface area contributed by atoms with Gasteiger partial charge in [-0.2, -0.15) is 0 Å². The standard InChI is InChI=1S/C17H20N4O4/c1-2-11-14(20-16(23)13(15(11)22)17(24)25)12-4-3-10(9-19-12)21-7-5-18-6-8-21/h3-4,9,18H,2,5-8H2,1H3,(H,24,25)(H2,20,22,23). The van der Waals surface area contributed by atoms with Gasteiger partial charge in [0.05, 0.1) is 23.3 Å². The van der Waals surface area contributed by atoms with Gasteiger partial charge < -0.3 is 25.4 Å². The molecular weight excluding hydrogens is 324 g/mol. The van der Waals surface area contributed by atoms with Crippen LogP contribution in [0.4, 0.5) is 5.69 Å². The molecule has 4 N–H and O–H groups in total. The van der Waals surface area contributed by atoms with E-state index in [-0.39, 0.29) is 0 Å². The fraction of sp³-hybridized carbons (Fsp3) is 0.353. The van der Waals surface area contributed by atoms with Crippen molar-refractivity contribution in [2.45, 2.75) is 13.3 Å². The van der Waals surface area contributed by atoms with Gasteiger partial charge >= 0.3 is 5.97 Å². The van der Waals surface area contributed by atoms with Gasteiger partial charge in [0.2, 0.25) is 0 Å². The first-order chi connectivity index (χ1) is 12.0.